The monoisotopic (exact) mass is 288 g/mol. The molecule has 110 valence electrons. The van der Waals surface area contributed by atoms with Gasteiger partial charge in [0, 0.05) is 6.54 Å². The Hall–Kier alpha value is -2.21. The minimum atomic E-state index is -0.830. The molecule has 1 aliphatic carbocycles. The second-order valence-electron chi connectivity index (χ2n) is 5.48. The summed E-state index contributed by atoms with van der Waals surface area (Å²) in [5.41, 5.74) is 0.112. The lowest BCUT2D eigenvalue weighted by Crippen LogP contribution is -2.41. The molecule has 21 heavy (non-hydrogen) atoms. The van der Waals surface area contributed by atoms with Crippen molar-refractivity contribution in [2.75, 3.05) is 13.1 Å². The molecule has 1 aromatic carbocycles. The van der Waals surface area contributed by atoms with Crippen LogP contribution in [0.5, 0.6) is 0 Å². The Labute approximate surface area is 121 Å². The SMILES string of the molecule is O=C1c2ccccc2C(=O)N1CCCNC1(C(=O)O)CC1. The number of imide groups is 1. The van der Waals surface area contributed by atoms with Crippen LogP contribution in [0.4, 0.5) is 0 Å². The average molecular weight is 288 g/mol. The maximum absolute atomic E-state index is 12.1. The number of amides is 2. The average Bonchev–Trinajstić information content (AvgIpc) is 3.23. The molecular weight excluding hydrogens is 272 g/mol. The van der Waals surface area contributed by atoms with Gasteiger partial charge in [0.2, 0.25) is 0 Å². The summed E-state index contributed by atoms with van der Waals surface area (Å²) in [7, 11) is 0. The molecule has 0 radical (unpaired) electrons. The van der Waals surface area contributed by atoms with E-state index in [1.807, 2.05) is 0 Å². The zero-order valence-corrected chi connectivity index (χ0v) is 11.5. The Morgan fingerprint density at radius 2 is 1.76 bits per heavy atom. The fraction of sp³-hybridized carbons (Fsp3) is 0.400. The first-order valence-electron chi connectivity index (χ1n) is 6.99. The molecule has 1 aromatic rings. The molecule has 0 aromatic heterocycles. The number of nitrogens with zero attached hydrogens (tertiary/aromatic N) is 1. The van der Waals surface area contributed by atoms with Crippen molar-refractivity contribution in [1.82, 2.24) is 10.2 Å². The van der Waals surface area contributed by atoms with Crippen LogP contribution in [0.15, 0.2) is 24.3 Å². The third-order valence-electron chi connectivity index (χ3n) is 4.06. The van der Waals surface area contributed by atoms with Crippen molar-refractivity contribution in [2.24, 2.45) is 0 Å². The highest BCUT2D eigenvalue weighted by Crippen LogP contribution is 2.35. The summed E-state index contributed by atoms with van der Waals surface area (Å²) in [6.45, 7) is 0.773. The van der Waals surface area contributed by atoms with Crippen LogP contribution >= 0.6 is 0 Å². The highest BCUT2D eigenvalue weighted by atomic mass is 16.4. The number of nitrogens with one attached hydrogen (secondary N) is 1. The summed E-state index contributed by atoms with van der Waals surface area (Å²) >= 11 is 0. The number of carboxylic acid groups (broad SMARTS) is 1. The van der Waals surface area contributed by atoms with E-state index >= 15 is 0 Å². The van der Waals surface area contributed by atoms with E-state index in [0.29, 0.717) is 43.5 Å². The highest BCUT2D eigenvalue weighted by Gasteiger charge is 2.49. The number of hydrogen-bond acceptors (Lipinski definition) is 4. The van der Waals surface area contributed by atoms with Crippen molar-refractivity contribution in [3.63, 3.8) is 0 Å². The topological polar surface area (TPSA) is 86.7 Å². The van der Waals surface area contributed by atoms with Crippen LogP contribution in [0, 0.1) is 0 Å². The molecule has 0 spiro atoms. The van der Waals surface area contributed by atoms with Gasteiger partial charge in [-0.25, -0.2) is 0 Å². The van der Waals surface area contributed by atoms with E-state index in [9.17, 15) is 14.4 Å². The number of carboxylic acids is 1. The molecule has 1 saturated carbocycles. The first-order chi connectivity index (χ1) is 10.1. The lowest BCUT2D eigenvalue weighted by molar-refractivity contribution is -0.140. The second kappa shape index (κ2) is 4.96. The summed E-state index contributed by atoms with van der Waals surface area (Å²) in [5, 5.41) is 12.0. The van der Waals surface area contributed by atoms with Gasteiger partial charge in [0.15, 0.2) is 0 Å². The number of aliphatic carboxylic acids is 1. The van der Waals surface area contributed by atoms with Crippen LogP contribution in [0.2, 0.25) is 0 Å². The van der Waals surface area contributed by atoms with Gasteiger partial charge in [0.25, 0.3) is 11.8 Å². The molecule has 2 aliphatic rings. The minimum absolute atomic E-state index is 0.269. The van der Waals surface area contributed by atoms with Crippen LogP contribution in [-0.4, -0.2) is 46.4 Å². The summed E-state index contributed by atoms with van der Waals surface area (Å²) in [5.74, 6) is -1.37. The Balaban J connectivity index is 1.54. The molecular formula is C15H16N2O4. The molecule has 3 rings (SSSR count). The predicted molar refractivity (Wildman–Crippen MR) is 74.0 cm³/mol. The lowest BCUT2D eigenvalue weighted by atomic mass is 10.1. The summed E-state index contributed by atoms with van der Waals surface area (Å²) in [6, 6.07) is 6.77. The number of benzene rings is 1. The van der Waals surface area contributed by atoms with Gasteiger partial charge in [-0.2, -0.15) is 0 Å². The minimum Gasteiger partial charge on any atom is -0.480 e. The maximum Gasteiger partial charge on any atom is 0.323 e. The molecule has 0 atom stereocenters. The van der Waals surface area contributed by atoms with Crippen LogP contribution in [0.3, 0.4) is 0 Å². The van der Waals surface area contributed by atoms with Gasteiger partial charge in [-0.15, -0.1) is 0 Å². The van der Waals surface area contributed by atoms with Gasteiger partial charge in [0.05, 0.1) is 11.1 Å². The molecule has 6 heteroatoms. The van der Waals surface area contributed by atoms with E-state index in [4.69, 9.17) is 5.11 Å². The van der Waals surface area contributed by atoms with E-state index in [1.165, 1.54) is 4.90 Å². The zero-order valence-electron chi connectivity index (χ0n) is 11.5. The molecule has 2 N–H and O–H groups in total. The van der Waals surface area contributed by atoms with Gasteiger partial charge in [-0.05, 0) is 37.9 Å². The van der Waals surface area contributed by atoms with E-state index in [0.717, 1.165) is 0 Å². The summed E-state index contributed by atoms with van der Waals surface area (Å²) in [6.07, 6.45) is 1.81. The first-order valence-corrected chi connectivity index (χ1v) is 6.99. The molecule has 6 nitrogen and oxygen atoms in total. The largest absolute Gasteiger partial charge is 0.480 e. The van der Waals surface area contributed by atoms with Gasteiger partial charge in [-0.1, -0.05) is 12.1 Å². The Kier molecular flexibility index (Phi) is 3.25. The Morgan fingerprint density at radius 1 is 1.19 bits per heavy atom. The van der Waals surface area contributed by atoms with Crippen LogP contribution in [0.25, 0.3) is 0 Å². The van der Waals surface area contributed by atoms with Crippen molar-refractivity contribution in [1.29, 1.82) is 0 Å². The summed E-state index contributed by atoms with van der Waals surface area (Å²) < 4.78 is 0. The van der Waals surface area contributed by atoms with Gasteiger partial charge < -0.3 is 10.4 Å². The third kappa shape index (κ3) is 2.31. The number of carbonyl (C=O) groups is 3. The number of fused-ring (bicyclic) bond motifs is 1. The van der Waals surface area contributed by atoms with Crippen molar-refractivity contribution in [2.45, 2.75) is 24.8 Å². The second-order valence-corrected chi connectivity index (χ2v) is 5.48. The zero-order chi connectivity index (χ0) is 15.0. The normalized spacial score (nSPS) is 18.8. The maximum atomic E-state index is 12.1. The molecule has 0 bridgehead atoms. The summed E-state index contributed by atoms with van der Waals surface area (Å²) in [4.78, 5) is 36.5. The Morgan fingerprint density at radius 3 is 2.24 bits per heavy atom. The van der Waals surface area contributed by atoms with E-state index in [2.05, 4.69) is 5.32 Å². The number of hydrogen-bond donors (Lipinski definition) is 2. The Bertz CT molecular complexity index is 587. The number of carbonyl (C=O) groups excluding carboxylic acids is 2. The van der Waals surface area contributed by atoms with Crippen molar-refractivity contribution in [3.8, 4) is 0 Å². The van der Waals surface area contributed by atoms with Crippen molar-refractivity contribution in [3.05, 3.63) is 35.4 Å². The molecule has 0 unspecified atom stereocenters. The van der Waals surface area contributed by atoms with Crippen molar-refractivity contribution < 1.29 is 19.5 Å². The van der Waals surface area contributed by atoms with Gasteiger partial charge in [-0.3, -0.25) is 19.3 Å². The molecule has 1 fully saturated rings. The first kappa shape index (κ1) is 13.8. The fourth-order valence-electron chi connectivity index (χ4n) is 2.60. The highest BCUT2D eigenvalue weighted by molar-refractivity contribution is 6.21. The quantitative estimate of drug-likeness (QED) is 0.599. The van der Waals surface area contributed by atoms with Crippen LogP contribution in [-0.2, 0) is 4.79 Å². The van der Waals surface area contributed by atoms with Crippen molar-refractivity contribution >= 4 is 17.8 Å². The lowest BCUT2D eigenvalue weighted by Gasteiger charge is -2.16. The van der Waals surface area contributed by atoms with E-state index in [-0.39, 0.29) is 11.8 Å². The predicted octanol–water partition coefficient (Wildman–Crippen LogP) is 0.879. The standard InChI is InChI=1S/C15H16N2O4/c18-12-10-4-1-2-5-11(10)13(19)17(12)9-3-8-16-15(6-7-15)14(20)21/h1-2,4-5,16H,3,6-9H2,(H,20,21). The third-order valence-corrected chi connectivity index (χ3v) is 4.06. The smallest absolute Gasteiger partial charge is 0.323 e. The van der Waals surface area contributed by atoms with E-state index < -0.39 is 11.5 Å². The van der Waals surface area contributed by atoms with Crippen LogP contribution < -0.4 is 5.32 Å². The molecule has 0 saturated heterocycles. The van der Waals surface area contributed by atoms with E-state index in [1.54, 1.807) is 24.3 Å². The number of rotatable bonds is 6. The van der Waals surface area contributed by atoms with Gasteiger partial charge >= 0.3 is 5.97 Å². The molecule has 2 amide bonds. The fourth-order valence-corrected chi connectivity index (χ4v) is 2.60. The van der Waals surface area contributed by atoms with Crippen LogP contribution in [0.1, 0.15) is 40.0 Å². The molecule has 1 heterocycles. The molecule has 1 aliphatic heterocycles. The van der Waals surface area contributed by atoms with Gasteiger partial charge in [0.1, 0.15) is 5.54 Å².